The molecule has 294 valence electrons. The van der Waals surface area contributed by atoms with Crippen molar-refractivity contribution in [1.29, 1.82) is 0 Å². The Morgan fingerprint density at radius 1 is 0.808 bits per heavy atom. The number of aliphatic carboxylic acids is 3. The molecule has 5 amide bonds. The van der Waals surface area contributed by atoms with E-state index in [-0.39, 0.29) is 63.0 Å². The van der Waals surface area contributed by atoms with Crippen molar-refractivity contribution in [3.8, 4) is 0 Å². The maximum Gasteiger partial charge on any atom is 0.326 e. The summed E-state index contributed by atoms with van der Waals surface area (Å²) in [4.78, 5) is 107. The van der Waals surface area contributed by atoms with Crippen molar-refractivity contribution < 1.29 is 53.7 Å². The normalized spacial score (nSPS) is 17.4. The minimum absolute atomic E-state index is 0.0444. The highest BCUT2D eigenvalue weighted by Crippen LogP contribution is 2.21. The number of nitrogens with one attached hydrogen (secondary N) is 4. The molecule has 0 spiro atoms. The SMILES string of the molecule is CC[C@H](C)[C@H](N)C(=O)N[C@@H](CCC(=O)O)C(=O)N1CCC[C@H]1C(=O)N[C@@H](CC(=O)O)C(=O)N[C@@H](CCCN=C(N)N)C(=O)N[C@@H](CC(C)C)C(=O)O. The van der Waals surface area contributed by atoms with Crippen LogP contribution in [0.15, 0.2) is 4.99 Å². The molecule has 20 nitrogen and oxygen atoms in total. The first-order chi connectivity index (χ1) is 24.3. The number of aliphatic imine (C=N–C) groups is 1. The van der Waals surface area contributed by atoms with Crippen LogP contribution in [0.4, 0.5) is 0 Å². The molecule has 1 saturated heterocycles. The van der Waals surface area contributed by atoms with Crippen LogP contribution in [0.1, 0.15) is 85.5 Å². The summed E-state index contributed by atoms with van der Waals surface area (Å²) < 4.78 is 0. The number of likely N-dealkylation sites (tertiary alicyclic amines) is 1. The van der Waals surface area contributed by atoms with Gasteiger partial charge < -0.3 is 58.7 Å². The summed E-state index contributed by atoms with van der Waals surface area (Å²) in [5, 5.41) is 38.1. The van der Waals surface area contributed by atoms with Crippen LogP contribution in [0.25, 0.3) is 0 Å². The molecule has 0 saturated carbocycles. The second-order valence-electron chi connectivity index (χ2n) is 13.3. The second-order valence-corrected chi connectivity index (χ2v) is 13.3. The van der Waals surface area contributed by atoms with Gasteiger partial charge in [0.25, 0.3) is 0 Å². The maximum absolute atomic E-state index is 13.7. The van der Waals surface area contributed by atoms with Crippen LogP contribution in [0.5, 0.6) is 0 Å². The quantitative estimate of drug-likeness (QED) is 0.0302. The van der Waals surface area contributed by atoms with E-state index in [0.717, 1.165) is 4.90 Å². The molecule has 1 rings (SSSR count). The first-order valence-corrected chi connectivity index (χ1v) is 17.3. The number of hydrogen-bond acceptors (Lipinski definition) is 10. The van der Waals surface area contributed by atoms with Gasteiger partial charge in [0.1, 0.15) is 30.2 Å². The second kappa shape index (κ2) is 22.0. The molecule has 1 aliphatic heterocycles. The van der Waals surface area contributed by atoms with E-state index in [4.69, 9.17) is 17.2 Å². The fourth-order valence-electron chi connectivity index (χ4n) is 5.47. The zero-order chi connectivity index (χ0) is 39.7. The third kappa shape index (κ3) is 15.5. The molecule has 1 fully saturated rings. The Kier molecular flexibility index (Phi) is 19.1. The minimum atomic E-state index is -1.74. The average molecular weight is 742 g/mol. The molecule has 20 heteroatoms. The summed E-state index contributed by atoms with van der Waals surface area (Å²) in [7, 11) is 0. The fraction of sp³-hybridized carbons (Fsp3) is 0.719. The molecular weight excluding hydrogens is 686 g/mol. The van der Waals surface area contributed by atoms with Crippen molar-refractivity contribution >= 4 is 53.4 Å². The highest BCUT2D eigenvalue weighted by molar-refractivity contribution is 5.97. The summed E-state index contributed by atoms with van der Waals surface area (Å²) in [5.41, 5.74) is 16.7. The highest BCUT2D eigenvalue weighted by atomic mass is 16.4. The molecule has 0 radical (unpaired) electrons. The molecule has 7 atom stereocenters. The van der Waals surface area contributed by atoms with Crippen LogP contribution in [0.3, 0.4) is 0 Å². The molecule has 0 unspecified atom stereocenters. The smallest absolute Gasteiger partial charge is 0.326 e. The molecule has 0 aromatic rings. The molecule has 0 aliphatic carbocycles. The van der Waals surface area contributed by atoms with Gasteiger partial charge in [-0.2, -0.15) is 0 Å². The number of amides is 5. The largest absolute Gasteiger partial charge is 0.481 e. The number of rotatable bonds is 23. The number of carboxylic acid groups (broad SMARTS) is 3. The lowest BCUT2D eigenvalue weighted by atomic mass is 9.98. The summed E-state index contributed by atoms with van der Waals surface area (Å²) in [6.07, 6.45) is -0.572. The van der Waals surface area contributed by atoms with Gasteiger partial charge in [0.15, 0.2) is 5.96 Å². The monoisotopic (exact) mass is 741 g/mol. The lowest BCUT2D eigenvalue weighted by Gasteiger charge is -2.30. The Bertz CT molecular complexity index is 1320. The summed E-state index contributed by atoms with van der Waals surface area (Å²) >= 11 is 0. The first kappa shape index (κ1) is 45.0. The Morgan fingerprint density at radius 3 is 1.94 bits per heavy atom. The van der Waals surface area contributed by atoms with Crippen LogP contribution < -0.4 is 38.5 Å². The van der Waals surface area contributed by atoms with E-state index >= 15 is 0 Å². The predicted molar refractivity (Wildman–Crippen MR) is 186 cm³/mol. The van der Waals surface area contributed by atoms with Crippen LogP contribution in [0, 0.1) is 11.8 Å². The molecule has 1 heterocycles. The number of guanidine groups is 1. The average Bonchev–Trinajstić information content (AvgIpc) is 3.55. The zero-order valence-electron chi connectivity index (χ0n) is 30.1. The van der Waals surface area contributed by atoms with Crippen LogP contribution in [-0.2, 0) is 38.4 Å². The summed E-state index contributed by atoms with van der Waals surface area (Å²) in [6, 6.07) is -7.95. The molecular formula is C32H55N9O11. The lowest BCUT2D eigenvalue weighted by molar-refractivity contribution is -0.145. The number of nitrogens with zero attached hydrogens (tertiary/aromatic N) is 2. The van der Waals surface area contributed by atoms with Crippen molar-refractivity contribution in [3.05, 3.63) is 0 Å². The maximum atomic E-state index is 13.7. The van der Waals surface area contributed by atoms with Gasteiger partial charge in [-0.05, 0) is 50.4 Å². The van der Waals surface area contributed by atoms with E-state index in [1.165, 1.54) is 0 Å². The van der Waals surface area contributed by atoms with Crippen LogP contribution in [0.2, 0.25) is 0 Å². The highest BCUT2D eigenvalue weighted by Gasteiger charge is 2.40. The summed E-state index contributed by atoms with van der Waals surface area (Å²) in [6.45, 7) is 7.17. The van der Waals surface area contributed by atoms with Crippen molar-refractivity contribution in [3.63, 3.8) is 0 Å². The van der Waals surface area contributed by atoms with E-state index in [9.17, 15) is 53.7 Å². The van der Waals surface area contributed by atoms with Crippen LogP contribution in [-0.4, -0.2) is 123 Å². The summed E-state index contributed by atoms with van der Waals surface area (Å²) in [5.74, 6) is -8.87. The Labute approximate surface area is 302 Å². The first-order valence-electron chi connectivity index (χ1n) is 17.3. The van der Waals surface area contributed by atoms with E-state index in [1.54, 1.807) is 20.8 Å². The Balaban J connectivity index is 3.26. The van der Waals surface area contributed by atoms with Crippen LogP contribution >= 0.6 is 0 Å². The van der Waals surface area contributed by atoms with Gasteiger partial charge in [0.05, 0.1) is 12.5 Å². The third-order valence-corrected chi connectivity index (χ3v) is 8.57. The molecule has 1 aliphatic rings. The zero-order valence-corrected chi connectivity index (χ0v) is 30.1. The van der Waals surface area contributed by atoms with Gasteiger partial charge >= 0.3 is 17.9 Å². The molecule has 0 aromatic heterocycles. The van der Waals surface area contributed by atoms with E-state index in [2.05, 4.69) is 26.3 Å². The lowest BCUT2D eigenvalue weighted by Crippen LogP contribution is -2.59. The number of hydrogen-bond donors (Lipinski definition) is 10. The number of carbonyl (C=O) groups excluding carboxylic acids is 5. The third-order valence-electron chi connectivity index (χ3n) is 8.57. The number of carboxylic acids is 3. The van der Waals surface area contributed by atoms with Gasteiger partial charge in [-0.1, -0.05) is 34.1 Å². The Morgan fingerprint density at radius 2 is 1.40 bits per heavy atom. The van der Waals surface area contributed by atoms with Crippen molar-refractivity contribution in [1.82, 2.24) is 26.2 Å². The van der Waals surface area contributed by atoms with Gasteiger partial charge in [0.2, 0.25) is 29.5 Å². The number of nitrogens with two attached hydrogens (primary N) is 3. The predicted octanol–water partition coefficient (Wildman–Crippen LogP) is -2.19. The van der Waals surface area contributed by atoms with E-state index in [1.807, 2.05) is 6.92 Å². The molecule has 52 heavy (non-hydrogen) atoms. The molecule has 13 N–H and O–H groups in total. The van der Waals surface area contributed by atoms with Gasteiger partial charge in [0, 0.05) is 19.5 Å². The Hall–Kier alpha value is -5.01. The fourth-order valence-corrected chi connectivity index (χ4v) is 5.47. The topological polar surface area (TPSA) is 339 Å². The van der Waals surface area contributed by atoms with E-state index < -0.39 is 96.5 Å². The standard InChI is InChI=1S/C32H55N9O11/c1-5-17(4)25(33)29(49)38-19(10-11-23(42)43)30(50)41-13-7-9-22(41)28(48)39-20(15-24(44)45)27(47)37-18(8-6-12-36-32(34)35)26(46)40-21(31(51)52)14-16(2)3/h16-22,25H,5-15,33H2,1-4H3,(H,37,47)(H,38,49)(H,39,48)(H,40,46)(H,42,43)(H,44,45)(H,51,52)(H4,34,35,36)/t17-,18-,19-,20-,21-,22-,25-/m0/s1. The minimum Gasteiger partial charge on any atom is -0.481 e. The number of carbonyl (C=O) groups is 8. The van der Waals surface area contributed by atoms with Crippen molar-refractivity contribution in [2.24, 2.45) is 34.0 Å². The van der Waals surface area contributed by atoms with Gasteiger partial charge in [-0.25, -0.2) is 4.79 Å². The van der Waals surface area contributed by atoms with Crippen molar-refractivity contribution in [2.75, 3.05) is 13.1 Å². The van der Waals surface area contributed by atoms with E-state index in [0.29, 0.717) is 12.8 Å². The van der Waals surface area contributed by atoms with Crippen molar-refractivity contribution in [2.45, 2.75) is 122 Å². The van der Waals surface area contributed by atoms with Gasteiger partial charge in [-0.15, -0.1) is 0 Å². The van der Waals surface area contributed by atoms with Gasteiger partial charge in [-0.3, -0.25) is 38.6 Å². The molecule has 0 aromatic carbocycles. The molecule has 0 bridgehead atoms.